The Labute approximate surface area is 115 Å². The fraction of sp³-hybridized carbons (Fsp3) is 0.333. The highest BCUT2D eigenvalue weighted by Crippen LogP contribution is 2.34. The molecule has 1 fully saturated rings. The Kier molecular flexibility index (Phi) is 3.16. The number of hydrogen-bond donors (Lipinski definition) is 0. The van der Waals surface area contributed by atoms with Crippen LogP contribution >= 0.6 is 15.9 Å². The van der Waals surface area contributed by atoms with Gasteiger partial charge in [0, 0.05) is 22.5 Å². The van der Waals surface area contributed by atoms with Gasteiger partial charge >= 0.3 is 0 Å². The Morgan fingerprint density at radius 2 is 2.06 bits per heavy atom. The van der Waals surface area contributed by atoms with Crippen molar-refractivity contribution in [3.63, 3.8) is 0 Å². The lowest BCUT2D eigenvalue weighted by Gasteiger charge is -2.21. The van der Waals surface area contributed by atoms with Crippen LogP contribution in [0.25, 0.3) is 10.8 Å². The summed E-state index contributed by atoms with van der Waals surface area (Å²) in [6.45, 7) is 0. The minimum atomic E-state index is -0.00301. The molecule has 0 N–H and O–H groups in total. The molecule has 2 aromatic rings. The van der Waals surface area contributed by atoms with Gasteiger partial charge in [0.05, 0.1) is 11.6 Å². The molecule has 0 bridgehead atoms. The smallest absolute Gasteiger partial charge is 0.141 e. The van der Waals surface area contributed by atoms with E-state index in [2.05, 4.69) is 27.0 Å². The maximum absolute atomic E-state index is 12.1. The molecular formula is C15H14BrNO. The lowest BCUT2D eigenvalue weighted by molar-refractivity contribution is -0.121. The number of hydrogen-bond acceptors (Lipinski definition) is 2. The zero-order chi connectivity index (χ0) is 12.5. The number of fused-ring (bicyclic) bond motifs is 1. The maximum Gasteiger partial charge on any atom is 0.141 e. The molecule has 1 aromatic heterocycles. The van der Waals surface area contributed by atoms with Gasteiger partial charge in [0.15, 0.2) is 0 Å². The predicted molar refractivity (Wildman–Crippen MR) is 75.7 cm³/mol. The summed E-state index contributed by atoms with van der Waals surface area (Å²) in [5.74, 6) is 0.345. The third kappa shape index (κ3) is 1.97. The number of nitrogens with zero attached hydrogens (tertiary/aromatic N) is 1. The van der Waals surface area contributed by atoms with Gasteiger partial charge in [0.1, 0.15) is 5.78 Å². The van der Waals surface area contributed by atoms with Gasteiger partial charge in [0.2, 0.25) is 0 Å². The van der Waals surface area contributed by atoms with Crippen molar-refractivity contribution in [1.29, 1.82) is 0 Å². The average molecular weight is 304 g/mol. The zero-order valence-electron chi connectivity index (χ0n) is 10.0. The predicted octanol–water partition coefficient (Wildman–Crippen LogP) is 4.22. The van der Waals surface area contributed by atoms with E-state index in [1.807, 2.05) is 24.4 Å². The summed E-state index contributed by atoms with van der Waals surface area (Å²) >= 11 is 3.56. The molecule has 1 heterocycles. The SMILES string of the molecule is O=C1CCCCC1c1nccc2c(Br)cccc12. The molecule has 3 heteroatoms. The molecule has 1 unspecified atom stereocenters. The Balaban J connectivity index is 2.17. The standard InChI is InChI=1S/C15H14BrNO/c16-13-6-3-5-11-10(13)8-9-17-15(11)12-4-1-2-7-14(12)18/h3,5-6,8-9,12H,1-2,4,7H2. The van der Waals surface area contributed by atoms with Gasteiger partial charge in [-0.15, -0.1) is 0 Å². The van der Waals surface area contributed by atoms with Gasteiger partial charge in [-0.1, -0.05) is 34.5 Å². The lowest BCUT2D eigenvalue weighted by atomic mass is 9.84. The van der Waals surface area contributed by atoms with Crippen molar-refractivity contribution in [2.45, 2.75) is 31.6 Å². The minimum absolute atomic E-state index is 0.00301. The average Bonchev–Trinajstić information content (AvgIpc) is 2.40. The Morgan fingerprint density at radius 3 is 2.89 bits per heavy atom. The molecule has 0 spiro atoms. The van der Waals surface area contributed by atoms with Gasteiger partial charge in [-0.3, -0.25) is 9.78 Å². The van der Waals surface area contributed by atoms with Crippen molar-refractivity contribution in [2.24, 2.45) is 0 Å². The fourth-order valence-electron chi connectivity index (χ4n) is 2.74. The molecular weight excluding hydrogens is 290 g/mol. The number of rotatable bonds is 1. The zero-order valence-corrected chi connectivity index (χ0v) is 11.6. The second-order valence-corrected chi connectivity index (χ2v) is 5.65. The molecule has 0 amide bonds. The highest BCUT2D eigenvalue weighted by atomic mass is 79.9. The van der Waals surface area contributed by atoms with Gasteiger partial charge in [-0.25, -0.2) is 0 Å². The molecule has 1 aliphatic rings. The summed E-state index contributed by atoms with van der Waals surface area (Å²) in [4.78, 5) is 16.6. The molecule has 0 saturated heterocycles. The topological polar surface area (TPSA) is 30.0 Å². The highest BCUT2D eigenvalue weighted by Gasteiger charge is 2.26. The molecule has 1 aliphatic carbocycles. The minimum Gasteiger partial charge on any atom is -0.299 e. The summed E-state index contributed by atoms with van der Waals surface area (Å²) in [5, 5.41) is 2.24. The number of carbonyl (C=O) groups is 1. The van der Waals surface area contributed by atoms with Crippen LogP contribution in [0.4, 0.5) is 0 Å². The second-order valence-electron chi connectivity index (χ2n) is 4.80. The molecule has 92 valence electrons. The van der Waals surface area contributed by atoms with Gasteiger partial charge in [-0.2, -0.15) is 0 Å². The number of pyridine rings is 1. The van der Waals surface area contributed by atoms with Crippen LogP contribution in [0.3, 0.4) is 0 Å². The quantitative estimate of drug-likeness (QED) is 0.789. The lowest BCUT2D eigenvalue weighted by Crippen LogP contribution is -2.18. The normalized spacial score (nSPS) is 20.3. The van der Waals surface area contributed by atoms with Crippen LogP contribution in [0.15, 0.2) is 34.9 Å². The Bertz CT molecular complexity index is 608. The largest absolute Gasteiger partial charge is 0.299 e. The van der Waals surface area contributed by atoms with Crippen molar-refractivity contribution in [3.05, 3.63) is 40.6 Å². The first kappa shape index (κ1) is 11.8. The molecule has 0 aliphatic heterocycles. The van der Waals surface area contributed by atoms with Gasteiger partial charge in [-0.05, 0) is 30.4 Å². The first-order chi connectivity index (χ1) is 8.77. The summed E-state index contributed by atoms with van der Waals surface area (Å²) in [5.41, 5.74) is 0.957. The monoisotopic (exact) mass is 303 g/mol. The summed E-state index contributed by atoms with van der Waals surface area (Å²) < 4.78 is 1.06. The Morgan fingerprint density at radius 1 is 1.17 bits per heavy atom. The summed E-state index contributed by atoms with van der Waals surface area (Å²) in [6, 6.07) is 8.08. The molecule has 3 rings (SSSR count). The number of benzene rings is 1. The number of halogens is 1. The highest BCUT2D eigenvalue weighted by molar-refractivity contribution is 9.10. The van der Waals surface area contributed by atoms with E-state index in [1.165, 1.54) is 0 Å². The first-order valence-electron chi connectivity index (χ1n) is 6.33. The summed E-state index contributed by atoms with van der Waals surface area (Å²) in [6.07, 6.45) is 5.62. The van der Waals surface area contributed by atoms with E-state index < -0.39 is 0 Å². The van der Waals surface area contributed by atoms with Gasteiger partial charge < -0.3 is 0 Å². The van der Waals surface area contributed by atoms with Crippen molar-refractivity contribution in [1.82, 2.24) is 4.98 Å². The van der Waals surface area contributed by atoms with E-state index in [1.54, 1.807) is 0 Å². The van der Waals surface area contributed by atoms with Crippen LogP contribution < -0.4 is 0 Å². The van der Waals surface area contributed by atoms with Crippen LogP contribution in [0.2, 0.25) is 0 Å². The van der Waals surface area contributed by atoms with Crippen molar-refractivity contribution < 1.29 is 4.79 Å². The molecule has 2 nitrogen and oxygen atoms in total. The van der Waals surface area contributed by atoms with E-state index in [9.17, 15) is 4.79 Å². The molecule has 0 radical (unpaired) electrons. The third-order valence-electron chi connectivity index (χ3n) is 3.67. The number of ketones is 1. The third-order valence-corrected chi connectivity index (χ3v) is 4.36. The van der Waals surface area contributed by atoms with Crippen LogP contribution in [-0.2, 0) is 4.79 Å². The van der Waals surface area contributed by atoms with Crippen molar-refractivity contribution >= 4 is 32.5 Å². The van der Waals surface area contributed by atoms with Crippen LogP contribution in [-0.4, -0.2) is 10.8 Å². The maximum atomic E-state index is 12.1. The van der Waals surface area contributed by atoms with Gasteiger partial charge in [0.25, 0.3) is 0 Å². The van der Waals surface area contributed by atoms with Crippen LogP contribution in [0.5, 0.6) is 0 Å². The number of Topliss-reactive ketones (excluding diaryl/α,β-unsaturated/α-hetero) is 1. The van der Waals surface area contributed by atoms with E-state index in [0.29, 0.717) is 12.2 Å². The fourth-order valence-corrected chi connectivity index (χ4v) is 3.24. The van der Waals surface area contributed by atoms with E-state index in [4.69, 9.17) is 0 Å². The van der Waals surface area contributed by atoms with E-state index in [0.717, 1.165) is 40.2 Å². The van der Waals surface area contributed by atoms with Crippen molar-refractivity contribution in [3.8, 4) is 0 Å². The second kappa shape index (κ2) is 4.81. The number of carbonyl (C=O) groups excluding carboxylic acids is 1. The van der Waals surface area contributed by atoms with E-state index >= 15 is 0 Å². The molecule has 1 saturated carbocycles. The van der Waals surface area contributed by atoms with E-state index in [-0.39, 0.29) is 5.92 Å². The van der Waals surface area contributed by atoms with Crippen molar-refractivity contribution in [2.75, 3.05) is 0 Å². The van der Waals surface area contributed by atoms with Crippen LogP contribution in [0.1, 0.15) is 37.3 Å². The first-order valence-corrected chi connectivity index (χ1v) is 7.12. The Hall–Kier alpha value is -1.22. The molecule has 1 atom stereocenters. The van der Waals surface area contributed by atoms with Crippen LogP contribution in [0, 0.1) is 0 Å². The summed E-state index contributed by atoms with van der Waals surface area (Å²) in [7, 11) is 0. The molecule has 18 heavy (non-hydrogen) atoms. The number of aromatic nitrogens is 1. The molecule has 1 aromatic carbocycles.